The van der Waals surface area contributed by atoms with Crippen molar-refractivity contribution < 1.29 is 4.79 Å². The first-order valence-corrected chi connectivity index (χ1v) is 7.32. The molecule has 1 amide bonds. The fraction of sp³-hybridized carbons (Fsp3) is 0.188. The maximum Gasteiger partial charge on any atom is 0.251 e. The lowest BCUT2D eigenvalue weighted by Gasteiger charge is -2.13. The second kappa shape index (κ2) is 6.83. The average Bonchev–Trinajstić information content (AvgIpc) is 2.50. The zero-order chi connectivity index (χ0) is 15.4. The molecule has 3 N–H and O–H groups in total. The summed E-state index contributed by atoms with van der Waals surface area (Å²) in [6.07, 6.45) is 0. The molecule has 2 aromatic carbocycles. The van der Waals surface area contributed by atoms with E-state index in [1.54, 1.807) is 0 Å². The number of carbonyl (C=O) groups is 1. The highest BCUT2D eigenvalue weighted by Crippen LogP contribution is 2.29. The summed E-state index contributed by atoms with van der Waals surface area (Å²) in [5, 5.41) is 3.42. The fourth-order valence-electron chi connectivity index (χ4n) is 1.99. The van der Waals surface area contributed by atoms with Gasteiger partial charge in [0.05, 0.1) is 15.7 Å². The third-order valence-electron chi connectivity index (χ3n) is 3.26. The van der Waals surface area contributed by atoms with Crippen LogP contribution in [0, 0.1) is 0 Å². The molecule has 0 heterocycles. The van der Waals surface area contributed by atoms with Crippen molar-refractivity contribution in [3.63, 3.8) is 0 Å². The number of hydrogen-bond donors (Lipinski definition) is 2. The largest absolute Gasteiger partial charge is 0.397 e. The lowest BCUT2D eigenvalue weighted by atomic mass is 10.0. The molecular weight excluding hydrogens is 307 g/mol. The van der Waals surface area contributed by atoms with Crippen LogP contribution >= 0.6 is 23.2 Å². The number of nitrogen functional groups attached to an aromatic ring is 1. The molecule has 0 fully saturated rings. The van der Waals surface area contributed by atoms with E-state index in [1.807, 2.05) is 30.3 Å². The first-order valence-electron chi connectivity index (χ1n) is 6.56. The molecule has 5 heteroatoms. The third-order valence-corrected chi connectivity index (χ3v) is 4.07. The molecule has 2 rings (SSSR count). The molecular formula is C16H16Cl2N2O. The smallest absolute Gasteiger partial charge is 0.251 e. The predicted molar refractivity (Wildman–Crippen MR) is 88.1 cm³/mol. The van der Waals surface area contributed by atoms with Gasteiger partial charge in [-0.25, -0.2) is 0 Å². The minimum absolute atomic E-state index is 0.218. The van der Waals surface area contributed by atoms with E-state index in [1.165, 1.54) is 17.7 Å². The Bertz CT molecular complexity index is 621. The van der Waals surface area contributed by atoms with Gasteiger partial charge in [-0.3, -0.25) is 4.79 Å². The average molecular weight is 323 g/mol. The van der Waals surface area contributed by atoms with E-state index in [-0.39, 0.29) is 21.9 Å². The highest BCUT2D eigenvalue weighted by Gasteiger charge is 2.12. The van der Waals surface area contributed by atoms with Crippen LogP contribution in [-0.4, -0.2) is 12.5 Å². The van der Waals surface area contributed by atoms with Gasteiger partial charge in [-0.15, -0.1) is 0 Å². The van der Waals surface area contributed by atoms with Gasteiger partial charge < -0.3 is 11.1 Å². The van der Waals surface area contributed by atoms with Crippen LogP contribution in [0.5, 0.6) is 0 Å². The number of benzene rings is 2. The van der Waals surface area contributed by atoms with Crippen molar-refractivity contribution in [2.24, 2.45) is 0 Å². The van der Waals surface area contributed by atoms with Crippen LogP contribution in [0.3, 0.4) is 0 Å². The van der Waals surface area contributed by atoms with Gasteiger partial charge in [-0.1, -0.05) is 60.5 Å². The maximum atomic E-state index is 12.1. The van der Waals surface area contributed by atoms with Crippen LogP contribution in [0.25, 0.3) is 0 Å². The zero-order valence-electron chi connectivity index (χ0n) is 11.6. The fourth-order valence-corrected chi connectivity index (χ4v) is 2.32. The molecule has 110 valence electrons. The predicted octanol–water partition coefficient (Wildman–Crippen LogP) is 4.11. The van der Waals surface area contributed by atoms with Crippen LogP contribution in [-0.2, 0) is 0 Å². The molecule has 1 atom stereocenters. The first kappa shape index (κ1) is 15.7. The summed E-state index contributed by atoms with van der Waals surface area (Å²) in [5.41, 5.74) is 7.58. The van der Waals surface area contributed by atoms with E-state index in [0.29, 0.717) is 17.8 Å². The highest BCUT2D eigenvalue weighted by atomic mass is 35.5. The molecule has 0 saturated carbocycles. The monoisotopic (exact) mass is 322 g/mol. The van der Waals surface area contributed by atoms with E-state index in [0.717, 1.165) is 0 Å². The quantitative estimate of drug-likeness (QED) is 0.832. The van der Waals surface area contributed by atoms with Crippen LogP contribution in [0.4, 0.5) is 5.69 Å². The lowest BCUT2D eigenvalue weighted by Crippen LogP contribution is -2.27. The van der Waals surface area contributed by atoms with Gasteiger partial charge in [-0.2, -0.15) is 0 Å². The number of nitrogens with two attached hydrogens (primary N) is 1. The minimum Gasteiger partial charge on any atom is -0.397 e. The van der Waals surface area contributed by atoms with Crippen molar-refractivity contribution in [3.8, 4) is 0 Å². The highest BCUT2D eigenvalue weighted by molar-refractivity contribution is 6.43. The molecule has 21 heavy (non-hydrogen) atoms. The second-order valence-corrected chi connectivity index (χ2v) is 5.67. The van der Waals surface area contributed by atoms with Gasteiger partial charge >= 0.3 is 0 Å². The minimum atomic E-state index is -0.219. The van der Waals surface area contributed by atoms with Crippen LogP contribution in [0.15, 0.2) is 42.5 Å². The van der Waals surface area contributed by atoms with Crippen molar-refractivity contribution in [1.82, 2.24) is 5.32 Å². The van der Waals surface area contributed by atoms with E-state index in [2.05, 4.69) is 12.2 Å². The Kier molecular flexibility index (Phi) is 5.10. The normalized spacial score (nSPS) is 12.0. The number of amides is 1. The van der Waals surface area contributed by atoms with E-state index in [4.69, 9.17) is 28.9 Å². The molecule has 0 saturated heterocycles. The SMILES string of the molecule is CC(CNC(=O)c1cc(N)c(Cl)c(Cl)c1)c1ccccc1. The number of rotatable bonds is 4. The van der Waals surface area contributed by atoms with Gasteiger partial charge in [0.1, 0.15) is 0 Å². The molecule has 0 aromatic heterocycles. The molecule has 3 nitrogen and oxygen atoms in total. The molecule has 0 bridgehead atoms. The number of nitrogens with one attached hydrogen (secondary N) is 1. The molecule has 1 unspecified atom stereocenters. The number of carbonyl (C=O) groups excluding carboxylic acids is 1. The summed E-state index contributed by atoms with van der Waals surface area (Å²) in [4.78, 5) is 12.1. The van der Waals surface area contributed by atoms with Gasteiger partial charge in [0, 0.05) is 12.1 Å². The van der Waals surface area contributed by atoms with Crippen molar-refractivity contribution in [3.05, 3.63) is 63.6 Å². The topological polar surface area (TPSA) is 55.1 Å². The number of anilines is 1. The Morgan fingerprint density at radius 2 is 1.90 bits per heavy atom. The van der Waals surface area contributed by atoms with Crippen molar-refractivity contribution in [2.45, 2.75) is 12.8 Å². The Labute approximate surface area is 134 Å². The van der Waals surface area contributed by atoms with E-state index < -0.39 is 0 Å². The Balaban J connectivity index is 2.02. The Morgan fingerprint density at radius 3 is 2.52 bits per heavy atom. The van der Waals surface area contributed by atoms with Gasteiger partial charge in [0.15, 0.2) is 0 Å². The van der Waals surface area contributed by atoms with Crippen LogP contribution in [0.2, 0.25) is 10.0 Å². The molecule has 0 aliphatic rings. The summed E-state index contributed by atoms with van der Waals surface area (Å²) >= 11 is 11.8. The van der Waals surface area contributed by atoms with E-state index >= 15 is 0 Å². The van der Waals surface area contributed by atoms with Crippen molar-refractivity contribution >= 4 is 34.8 Å². The maximum absolute atomic E-state index is 12.1. The van der Waals surface area contributed by atoms with Gasteiger partial charge in [0.2, 0.25) is 0 Å². The second-order valence-electron chi connectivity index (χ2n) is 4.88. The van der Waals surface area contributed by atoms with E-state index in [9.17, 15) is 4.79 Å². The molecule has 0 radical (unpaired) electrons. The third kappa shape index (κ3) is 3.90. The Hall–Kier alpha value is -1.71. The van der Waals surface area contributed by atoms with Gasteiger partial charge in [-0.05, 0) is 23.6 Å². The van der Waals surface area contributed by atoms with Gasteiger partial charge in [0.25, 0.3) is 5.91 Å². The summed E-state index contributed by atoms with van der Waals surface area (Å²) in [5.74, 6) is -0.00156. The molecule has 0 aliphatic carbocycles. The molecule has 2 aromatic rings. The zero-order valence-corrected chi connectivity index (χ0v) is 13.1. The lowest BCUT2D eigenvalue weighted by molar-refractivity contribution is 0.0951. The van der Waals surface area contributed by atoms with Crippen LogP contribution in [0.1, 0.15) is 28.8 Å². The van der Waals surface area contributed by atoms with Crippen LogP contribution < -0.4 is 11.1 Å². The first-order chi connectivity index (χ1) is 9.99. The van der Waals surface area contributed by atoms with Crippen molar-refractivity contribution in [2.75, 3.05) is 12.3 Å². The summed E-state index contributed by atoms with van der Waals surface area (Å²) in [6.45, 7) is 2.59. The summed E-state index contributed by atoms with van der Waals surface area (Å²) in [6, 6.07) is 13.0. The standard InChI is InChI=1S/C16H16Cl2N2O/c1-10(11-5-3-2-4-6-11)9-20-16(21)12-7-13(17)15(18)14(19)8-12/h2-8,10H,9,19H2,1H3,(H,20,21). The van der Waals surface area contributed by atoms with Crippen molar-refractivity contribution in [1.29, 1.82) is 0 Å². The number of hydrogen-bond acceptors (Lipinski definition) is 2. The molecule has 0 spiro atoms. The summed E-state index contributed by atoms with van der Waals surface area (Å²) in [7, 11) is 0. The Morgan fingerprint density at radius 1 is 1.24 bits per heavy atom. The number of halogens is 2. The molecule has 0 aliphatic heterocycles. The summed E-state index contributed by atoms with van der Waals surface area (Å²) < 4.78 is 0.